The lowest BCUT2D eigenvalue weighted by atomic mass is 10.1. The fraction of sp³-hybridized carbons (Fsp3) is 0.500. The van der Waals surface area contributed by atoms with Gasteiger partial charge in [0.15, 0.2) is 0 Å². The molecule has 0 heterocycles. The van der Waals surface area contributed by atoms with Crippen LogP contribution in [0.15, 0.2) is 29.2 Å². The first-order valence-electron chi connectivity index (χ1n) is 6.69. The molecule has 0 aliphatic heterocycles. The Balaban J connectivity index is 1.80. The molecule has 1 aromatic carbocycles. The van der Waals surface area contributed by atoms with Crippen LogP contribution in [0.25, 0.3) is 0 Å². The van der Waals surface area contributed by atoms with Gasteiger partial charge < -0.3 is 5.32 Å². The zero-order valence-electron chi connectivity index (χ0n) is 11.3. The van der Waals surface area contributed by atoms with Gasteiger partial charge in [0.25, 0.3) is 9.05 Å². The van der Waals surface area contributed by atoms with E-state index in [-0.39, 0.29) is 16.7 Å². The Bertz CT molecular complexity index is 579. The number of halogens is 1. The summed E-state index contributed by atoms with van der Waals surface area (Å²) in [6.45, 7) is 2.52. The summed E-state index contributed by atoms with van der Waals surface area (Å²) in [6.07, 6.45) is 2.98. The van der Waals surface area contributed by atoms with Crippen molar-refractivity contribution in [3.05, 3.63) is 29.8 Å². The summed E-state index contributed by atoms with van der Waals surface area (Å²) in [6, 6.07) is 6.39. The third kappa shape index (κ3) is 4.21. The number of hydrogen-bond acceptors (Lipinski definition) is 3. The van der Waals surface area contributed by atoms with Crippen LogP contribution in [0.5, 0.6) is 0 Å². The van der Waals surface area contributed by atoms with Gasteiger partial charge in [-0.2, -0.15) is 0 Å². The van der Waals surface area contributed by atoms with Gasteiger partial charge in [-0.05, 0) is 42.9 Å². The van der Waals surface area contributed by atoms with Gasteiger partial charge in [-0.1, -0.05) is 19.1 Å². The number of rotatable bonds is 6. The van der Waals surface area contributed by atoms with Crippen molar-refractivity contribution in [3.63, 3.8) is 0 Å². The zero-order chi connectivity index (χ0) is 14.8. The van der Waals surface area contributed by atoms with Crippen molar-refractivity contribution in [1.82, 2.24) is 5.32 Å². The van der Waals surface area contributed by atoms with E-state index in [4.69, 9.17) is 10.7 Å². The molecule has 0 saturated heterocycles. The van der Waals surface area contributed by atoms with Crippen molar-refractivity contribution in [2.45, 2.75) is 31.1 Å². The summed E-state index contributed by atoms with van der Waals surface area (Å²) >= 11 is 0. The van der Waals surface area contributed by atoms with Crippen molar-refractivity contribution < 1.29 is 13.2 Å². The highest BCUT2D eigenvalue weighted by atomic mass is 35.7. The number of amides is 1. The van der Waals surface area contributed by atoms with Crippen molar-refractivity contribution in [1.29, 1.82) is 0 Å². The number of benzene rings is 1. The second-order valence-corrected chi connectivity index (χ2v) is 7.81. The van der Waals surface area contributed by atoms with Crippen LogP contribution in [0.4, 0.5) is 0 Å². The lowest BCUT2D eigenvalue weighted by Gasteiger charge is -2.11. The average Bonchev–Trinajstić information content (AvgIpc) is 3.21. The van der Waals surface area contributed by atoms with E-state index in [0.29, 0.717) is 18.9 Å². The molecule has 1 N–H and O–H groups in total. The van der Waals surface area contributed by atoms with Gasteiger partial charge >= 0.3 is 0 Å². The Labute approximate surface area is 123 Å². The monoisotopic (exact) mass is 315 g/mol. The van der Waals surface area contributed by atoms with Gasteiger partial charge in [-0.25, -0.2) is 8.42 Å². The van der Waals surface area contributed by atoms with Crippen LogP contribution in [0.3, 0.4) is 0 Å². The smallest absolute Gasteiger partial charge is 0.261 e. The number of hydrogen-bond donors (Lipinski definition) is 1. The first-order valence-corrected chi connectivity index (χ1v) is 9.00. The molecule has 1 aliphatic carbocycles. The molecule has 6 heteroatoms. The van der Waals surface area contributed by atoms with Crippen LogP contribution < -0.4 is 5.32 Å². The third-order valence-corrected chi connectivity index (χ3v) is 5.03. The standard InChI is InChI=1S/C14H18ClNO3S/c1-10(12-4-5-12)14(17)16-9-8-11-2-6-13(7-3-11)20(15,18)19/h2-3,6-7,10,12H,4-5,8-9H2,1H3,(H,16,17). The molecular weight excluding hydrogens is 298 g/mol. The molecule has 4 nitrogen and oxygen atoms in total. The van der Waals surface area contributed by atoms with Crippen LogP contribution in [0.1, 0.15) is 25.3 Å². The van der Waals surface area contributed by atoms with E-state index in [2.05, 4.69) is 5.32 Å². The van der Waals surface area contributed by atoms with Crippen molar-refractivity contribution >= 4 is 25.6 Å². The second kappa shape index (κ2) is 6.14. The normalized spacial score (nSPS) is 16.7. The lowest BCUT2D eigenvalue weighted by Crippen LogP contribution is -2.31. The molecule has 0 radical (unpaired) electrons. The van der Waals surface area contributed by atoms with Gasteiger partial charge in [0, 0.05) is 23.1 Å². The Kier molecular flexibility index (Phi) is 4.70. The topological polar surface area (TPSA) is 63.2 Å². The van der Waals surface area contributed by atoms with Crippen LogP contribution >= 0.6 is 10.7 Å². The van der Waals surface area contributed by atoms with Crippen LogP contribution in [-0.2, 0) is 20.3 Å². The maximum Gasteiger partial charge on any atom is 0.261 e. The molecule has 1 amide bonds. The van der Waals surface area contributed by atoms with E-state index in [0.717, 1.165) is 18.4 Å². The summed E-state index contributed by atoms with van der Waals surface area (Å²) in [4.78, 5) is 11.9. The van der Waals surface area contributed by atoms with Crippen LogP contribution in [0, 0.1) is 11.8 Å². The van der Waals surface area contributed by atoms with Crippen LogP contribution in [-0.4, -0.2) is 20.9 Å². The molecule has 1 aliphatic rings. The van der Waals surface area contributed by atoms with Gasteiger partial charge in [0.05, 0.1) is 4.90 Å². The fourth-order valence-corrected chi connectivity index (χ4v) is 2.89. The van der Waals surface area contributed by atoms with Gasteiger partial charge in [-0.3, -0.25) is 4.79 Å². The predicted octanol–water partition coefficient (Wildman–Crippen LogP) is 2.32. The highest BCUT2D eigenvalue weighted by Crippen LogP contribution is 2.36. The molecule has 2 rings (SSSR count). The molecule has 1 unspecified atom stereocenters. The number of carbonyl (C=O) groups excluding carboxylic acids is 1. The molecule has 0 bridgehead atoms. The summed E-state index contributed by atoms with van der Waals surface area (Å²) < 4.78 is 22.2. The first-order chi connectivity index (χ1) is 9.38. The zero-order valence-corrected chi connectivity index (χ0v) is 12.9. The van der Waals surface area contributed by atoms with Gasteiger partial charge in [0.2, 0.25) is 5.91 Å². The predicted molar refractivity (Wildman–Crippen MR) is 78.1 cm³/mol. The second-order valence-electron chi connectivity index (χ2n) is 5.25. The maximum absolute atomic E-state index is 11.8. The minimum atomic E-state index is -3.66. The molecule has 1 saturated carbocycles. The summed E-state index contributed by atoms with van der Waals surface area (Å²) in [5.41, 5.74) is 0.966. The molecule has 0 spiro atoms. The number of nitrogens with one attached hydrogen (secondary N) is 1. The quantitative estimate of drug-likeness (QED) is 0.819. The average molecular weight is 316 g/mol. The summed E-state index contributed by atoms with van der Waals surface area (Å²) in [5.74, 6) is 0.759. The largest absolute Gasteiger partial charge is 0.356 e. The Morgan fingerprint density at radius 2 is 1.95 bits per heavy atom. The van der Waals surface area contributed by atoms with E-state index in [1.165, 1.54) is 12.1 Å². The third-order valence-electron chi connectivity index (χ3n) is 3.66. The summed E-state index contributed by atoms with van der Waals surface area (Å²) in [5, 5.41) is 2.91. The van der Waals surface area contributed by atoms with E-state index >= 15 is 0 Å². The van der Waals surface area contributed by atoms with Crippen LogP contribution in [0.2, 0.25) is 0 Å². The Morgan fingerprint density at radius 3 is 2.45 bits per heavy atom. The summed E-state index contributed by atoms with van der Waals surface area (Å²) in [7, 11) is 1.58. The van der Waals surface area contributed by atoms with E-state index in [1.54, 1.807) is 12.1 Å². The van der Waals surface area contributed by atoms with E-state index in [1.807, 2.05) is 6.92 Å². The van der Waals surface area contributed by atoms with E-state index in [9.17, 15) is 13.2 Å². The minimum Gasteiger partial charge on any atom is -0.356 e. The van der Waals surface area contributed by atoms with Gasteiger partial charge in [-0.15, -0.1) is 0 Å². The van der Waals surface area contributed by atoms with Crippen molar-refractivity contribution in [3.8, 4) is 0 Å². The number of carbonyl (C=O) groups is 1. The molecule has 1 fully saturated rings. The highest BCUT2D eigenvalue weighted by Gasteiger charge is 2.32. The first kappa shape index (κ1) is 15.3. The Hall–Kier alpha value is -1.07. The highest BCUT2D eigenvalue weighted by molar-refractivity contribution is 8.13. The van der Waals surface area contributed by atoms with E-state index < -0.39 is 9.05 Å². The maximum atomic E-state index is 11.8. The lowest BCUT2D eigenvalue weighted by molar-refractivity contribution is -0.125. The molecule has 110 valence electrons. The molecule has 0 aromatic heterocycles. The SMILES string of the molecule is CC(C(=O)NCCc1ccc(S(=O)(=O)Cl)cc1)C1CC1. The minimum absolute atomic E-state index is 0.0920. The Morgan fingerprint density at radius 1 is 1.35 bits per heavy atom. The molecular formula is C14H18ClNO3S. The fourth-order valence-electron chi connectivity index (χ4n) is 2.12. The van der Waals surface area contributed by atoms with Crippen molar-refractivity contribution in [2.75, 3.05) is 6.54 Å². The van der Waals surface area contributed by atoms with Gasteiger partial charge in [0.1, 0.15) is 0 Å². The molecule has 20 heavy (non-hydrogen) atoms. The van der Waals surface area contributed by atoms with Crippen molar-refractivity contribution in [2.24, 2.45) is 11.8 Å². The molecule has 1 atom stereocenters. The molecule has 1 aromatic rings.